The summed E-state index contributed by atoms with van der Waals surface area (Å²) in [5.41, 5.74) is 1.24. The zero-order valence-corrected chi connectivity index (χ0v) is 16.1. The fourth-order valence-corrected chi connectivity index (χ4v) is 2.78. The summed E-state index contributed by atoms with van der Waals surface area (Å²) in [6.45, 7) is 4.77. The molecular formula is C19H26N8. The number of hydrogen-bond donors (Lipinski definition) is 1. The molecule has 142 valence electrons. The van der Waals surface area contributed by atoms with E-state index < -0.39 is 0 Å². The lowest BCUT2D eigenvalue weighted by Crippen LogP contribution is -2.39. The molecule has 0 amide bonds. The highest BCUT2D eigenvalue weighted by Gasteiger charge is 2.11. The van der Waals surface area contributed by atoms with Crippen LogP contribution in [0.1, 0.15) is 24.1 Å². The van der Waals surface area contributed by atoms with Gasteiger partial charge >= 0.3 is 0 Å². The van der Waals surface area contributed by atoms with Crippen LogP contribution in [0.3, 0.4) is 0 Å². The van der Waals surface area contributed by atoms with Gasteiger partial charge in [0.05, 0.1) is 6.54 Å². The lowest BCUT2D eigenvalue weighted by atomic mass is 10.2. The van der Waals surface area contributed by atoms with E-state index in [-0.39, 0.29) is 0 Å². The Bertz CT molecular complexity index is 865. The third kappa shape index (κ3) is 4.93. The highest BCUT2D eigenvalue weighted by atomic mass is 15.4. The summed E-state index contributed by atoms with van der Waals surface area (Å²) in [5, 5.41) is 7.45. The first-order chi connectivity index (χ1) is 13.2. The molecule has 8 heteroatoms. The van der Waals surface area contributed by atoms with Crippen LogP contribution in [0.2, 0.25) is 0 Å². The van der Waals surface area contributed by atoms with Crippen LogP contribution in [0.4, 0.5) is 0 Å². The number of nitrogens with zero attached hydrogens (tertiary/aromatic N) is 7. The molecule has 0 radical (unpaired) electrons. The van der Waals surface area contributed by atoms with Crippen molar-refractivity contribution in [3.63, 3.8) is 0 Å². The first-order valence-electron chi connectivity index (χ1n) is 9.03. The maximum Gasteiger partial charge on any atom is 0.194 e. The highest BCUT2D eigenvalue weighted by Crippen LogP contribution is 2.07. The Morgan fingerprint density at radius 2 is 2.00 bits per heavy atom. The maximum atomic E-state index is 4.76. The third-order valence-electron chi connectivity index (χ3n) is 4.25. The summed E-state index contributed by atoms with van der Waals surface area (Å²) < 4.78 is 3.90. The molecule has 0 bridgehead atoms. The van der Waals surface area contributed by atoms with E-state index in [1.807, 2.05) is 37.5 Å². The number of aliphatic imine (C=N–C) groups is 1. The van der Waals surface area contributed by atoms with Crippen molar-refractivity contribution in [1.82, 2.24) is 34.5 Å². The average molecular weight is 366 g/mol. The normalized spacial score (nSPS) is 11.6. The predicted octanol–water partition coefficient (Wildman–Crippen LogP) is 1.66. The van der Waals surface area contributed by atoms with Gasteiger partial charge in [-0.15, -0.1) is 0 Å². The predicted molar refractivity (Wildman–Crippen MR) is 105 cm³/mol. The second-order valence-corrected chi connectivity index (χ2v) is 6.28. The van der Waals surface area contributed by atoms with Crippen LogP contribution in [-0.4, -0.2) is 48.8 Å². The van der Waals surface area contributed by atoms with Crippen LogP contribution in [0, 0.1) is 0 Å². The average Bonchev–Trinajstić information content (AvgIpc) is 3.28. The molecule has 0 atom stereocenters. The van der Waals surface area contributed by atoms with Crippen molar-refractivity contribution >= 4 is 5.96 Å². The molecule has 0 saturated carbocycles. The lowest BCUT2D eigenvalue weighted by molar-refractivity contribution is 0.448. The Labute approximate surface area is 159 Å². The molecule has 0 fully saturated rings. The molecule has 3 aromatic rings. The number of aromatic nitrogens is 5. The number of imidazole rings is 1. The molecule has 2 aromatic heterocycles. The smallest absolute Gasteiger partial charge is 0.194 e. The van der Waals surface area contributed by atoms with Crippen molar-refractivity contribution in [3.8, 4) is 0 Å². The Morgan fingerprint density at radius 3 is 2.70 bits per heavy atom. The van der Waals surface area contributed by atoms with E-state index >= 15 is 0 Å². The number of aryl methyl sites for hydroxylation is 1. The second-order valence-electron chi connectivity index (χ2n) is 6.28. The molecule has 27 heavy (non-hydrogen) atoms. The van der Waals surface area contributed by atoms with Crippen LogP contribution < -0.4 is 5.32 Å². The monoisotopic (exact) mass is 366 g/mol. The third-order valence-corrected chi connectivity index (χ3v) is 4.25. The van der Waals surface area contributed by atoms with E-state index in [0.717, 1.165) is 30.7 Å². The van der Waals surface area contributed by atoms with E-state index in [2.05, 4.69) is 56.1 Å². The summed E-state index contributed by atoms with van der Waals surface area (Å²) in [6.07, 6.45) is 5.38. The number of hydrogen-bond acceptors (Lipinski definition) is 4. The van der Waals surface area contributed by atoms with Gasteiger partial charge in [0.25, 0.3) is 0 Å². The van der Waals surface area contributed by atoms with E-state index in [0.29, 0.717) is 13.1 Å². The number of guanidine groups is 1. The molecule has 0 saturated heterocycles. The van der Waals surface area contributed by atoms with E-state index in [9.17, 15) is 0 Å². The van der Waals surface area contributed by atoms with Gasteiger partial charge in [0.15, 0.2) is 5.96 Å². The Balaban J connectivity index is 1.70. The van der Waals surface area contributed by atoms with Gasteiger partial charge in [-0.1, -0.05) is 30.3 Å². The van der Waals surface area contributed by atoms with Gasteiger partial charge in [0.1, 0.15) is 24.5 Å². The fraction of sp³-hybridized carbons (Fsp3) is 0.368. The summed E-state index contributed by atoms with van der Waals surface area (Å²) in [4.78, 5) is 15.6. The number of benzene rings is 1. The minimum absolute atomic E-state index is 0.505. The minimum Gasteiger partial charge on any atom is -0.357 e. The van der Waals surface area contributed by atoms with Crippen molar-refractivity contribution in [2.75, 3.05) is 13.6 Å². The minimum atomic E-state index is 0.505. The number of nitrogens with one attached hydrogen (secondary N) is 1. The highest BCUT2D eigenvalue weighted by molar-refractivity contribution is 5.79. The standard InChI is InChI=1S/C19H26N8/c1-4-20-19(25(2)14-18-23-15-24-26(18)3)22-12-17-21-10-11-27(17)13-16-8-6-5-7-9-16/h5-11,15H,4,12-14H2,1-3H3,(H,20,22). The van der Waals surface area contributed by atoms with E-state index in [4.69, 9.17) is 4.99 Å². The van der Waals surface area contributed by atoms with Crippen LogP contribution in [0.25, 0.3) is 0 Å². The zero-order chi connectivity index (χ0) is 19.1. The molecule has 1 N–H and O–H groups in total. The summed E-state index contributed by atoms with van der Waals surface area (Å²) in [7, 11) is 3.88. The second kappa shape index (κ2) is 8.98. The van der Waals surface area contributed by atoms with Crippen molar-refractivity contribution in [2.45, 2.75) is 26.6 Å². The summed E-state index contributed by atoms with van der Waals surface area (Å²) in [6, 6.07) is 10.4. The van der Waals surface area contributed by atoms with Crippen LogP contribution >= 0.6 is 0 Å². The van der Waals surface area contributed by atoms with Gasteiger partial charge in [-0.05, 0) is 12.5 Å². The summed E-state index contributed by atoms with van der Waals surface area (Å²) >= 11 is 0. The van der Waals surface area contributed by atoms with Crippen LogP contribution in [0.5, 0.6) is 0 Å². The van der Waals surface area contributed by atoms with Gasteiger partial charge in [-0.2, -0.15) is 5.10 Å². The van der Waals surface area contributed by atoms with Gasteiger partial charge in [-0.25, -0.2) is 15.0 Å². The summed E-state index contributed by atoms with van der Waals surface area (Å²) in [5.74, 6) is 2.63. The van der Waals surface area contributed by atoms with Crippen molar-refractivity contribution in [3.05, 3.63) is 66.3 Å². The lowest BCUT2D eigenvalue weighted by Gasteiger charge is -2.21. The molecule has 2 heterocycles. The molecule has 8 nitrogen and oxygen atoms in total. The van der Waals surface area contributed by atoms with Crippen LogP contribution in [0.15, 0.2) is 54.0 Å². The molecule has 0 aliphatic heterocycles. The van der Waals surface area contributed by atoms with E-state index in [1.54, 1.807) is 11.0 Å². The largest absolute Gasteiger partial charge is 0.357 e. The molecule has 0 aliphatic rings. The Kier molecular flexibility index (Phi) is 6.19. The van der Waals surface area contributed by atoms with Gasteiger partial charge in [0, 0.05) is 39.6 Å². The molecular weight excluding hydrogens is 340 g/mol. The molecule has 0 aliphatic carbocycles. The SMILES string of the molecule is CCNC(=NCc1nccn1Cc1ccccc1)N(C)Cc1ncnn1C. The quantitative estimate of drug-likeness (QED) is 0.508. The van der Waals surface area contributed by atoms with Crippen LogP contribution in [-0.2, 0) is 26.7 Å². The van der Waals surface area contributed by atoms with Crippen molar-refractivity contribution < 1.29 is 0 Å². The maximum absolute atomic E-state index is 4.76. The number of rotatable bonds is 7. The Hall–Kier alpha value is -3.16. The fourth-order valence-electron chi connectivity index (χ4n) is 2.78. The first-order valence-corrected chi connectivity index (χ1v) is 9.03. The molecule has 3 rings (SSSR count). The zero-order valence-electron chi connectivity index (χ0n) is 16.1. The van der Waals surface area contributed by atoms with E-state index in [1.165, 1.54) is 5.56 Å². The Morgan fingerprint density at radius 1 is 1.19 bits per heavy atom. The van der Waals surface area contributed by atoms with Crippen molar-refractivity contribution in [2.24, 2.45) is 12.0 Å². The molecule has 0 unspecified atom stereocenters. The molecule has 0 spiro atoms. The van der Waals surface area contributed by atoms with Gasteiger partial charge in [0.2, 0.25) is 0 Å². The van der Waals surface area contributed by atoms with Gasteiger partial charge in [-0.3, -0.25) is 4.68 Å². The topological polar surface area (TPSA) is 76.2 Å². The first kappa shape index (κ1) is 18.6. The van der Waals surface area contributed by atoms with Gasteiger partial charge < -0.3 is 14.8 Å². The van der Waals surface area contributed by atoms with Crippen molar-refractivity contribution in [1.29, 1.82) is 0 Å². The molecule has 1 aromatic carbocycles.